The molecule has 0 aromatic heterocycles. The number of benzene rings is 1. The van der Waals surface area contributed by atoms with Crippen LogP contribution in [0.2, 0.25) is 0 Å². The molecule has 1 aromatic carbocycles. The maximum absolute atomic E-state index is 12.0. The van der Waals surface area contributed by atoms with Crippen molar-refractivity contribution in [2.24, 2.45) is 11.3 Å². The Balaban J connectivity index is 0.00000140. The molecule has 1 aromatic rings. The molecular weight excluding hydrogens is 401 g/mol. The van der Waals surface area contributed by atoms with E-state index in [2.05, 4.69) is 22.3 Å². The number of amides is 1. The molecule has 0 aliphatic carbocycles. The molecule has 3 fully saturated rings. The fourth-order valence-electron chi connectivity index (χ4n) is 4.63. The first-order valence-corrected chi connectivity index (χ1v) is 9.72. The number of fused-ring (bicyclic) bond motifs is 1. The molecule has 0 bridgehead atoms. The monoisotopic (exact) mass is 431 g/mol. The molecule has 0 spiro atoms. The van der Waals surface area contributed by atoms with E-state index in [-0.39, 0.29) is 49.4 Å². The van der Waals surface area contributed by atoms with Crippen molar-refractivity contribution in [2.45, 2.75) is 19.4 Å². The van der Waals surface area contributed by atoms with Gasteiger partial charge in [-0.3, -0.25) is 9.69 Å². The second-order valence-electron chi connectivity index (χ2n) is 8.04. The number of nitrogens with one attached hydrogen (secondary N) is 1. The van der Waals surface area contributed by atoms with E-state index in [9.17, 15) is 9.90 Å². The average molecular weight is 432 g/mol. The Morgan fingerprint density at radius 3 is 2.57 bits per heavy atom. The summed E-state index contributed by atoms with van der Waals surface area (Å²) in [4.78, 5) is 16.4. The van der Waals surface area contributed by atoms with Gasteiger partial charge in [-0.2, -0.15) is 0 Å². The van der Waals surface area contributed by atoms with Crippen LogP contribution < -0.4 is 10.1 Å². The van der Waals surface area contributed by atoms with Gasteiger partial charge in [-0.05, 0) is 43.0 Å². The topological polar surface area (TPSA) is 65.0 Å². The number of likely N-dealkylation sites (tertiary alicyclic amines) is 2. The van der Waals surface area contributed by atoms with Gasteiger partial charge in [-0.15, -0.1) is 24.8 Å². The van der Waals surface area contributed by atoms with Gasteiger partial charge in [-0.1, -0.05) is 12.1 Å². The summed E-state index contributed by atoms with van der Waals surface area (Å²) in [5.74, 6) is 1.38. The Labute approximate surface area is 179 Å². The molecule has 1 amide bonds. The highest BCUT2D eigenvalue weighted by Crippen LogP contribution is 2.39. The minimum Gasteiger partial charge on any atom is -0.484 e. The van der Waals surface area contributed by atoms with E-state index in [1.54, 1.807) is 0 Å². The fraction of sp³-hybridized carbons (Fsp3) is 0.650. The van der Waals surface area contributed by atoms with Crippen molar-refractivity contribution in [2.75, 3.05) is 52.5 Å². The van der Waals surface area contributed by atoms with E-state index < -0.39 is 0 Å². The van der Waals surface area contributed by atoms with Crippen LogP contribution >= 0.6 is 24.8 Å². The largest absolute Gasteiger partial charge is 0.484 e. The molecule has 0 saturated carbocycles. The van der Waals surface area contributed by atoms with Crippen molar-refractivity contribution in [3.8, 4) is 5.75 Å². The quantitative estimate of drug-likeness (QED) is 0.714. The van der Waals surface area contributed by atoms with Gasteiger partial charge in [-0.25, -0.2) is 0 Å². The van der Waals surface area contributed by atoms with Gasteiger partial charge in [0, 0.05) is 44.7 Å². The molecule has 6 nitrogen and oxygen atoms in total. The second kappa shape index (κ2) is 10.1. The molecule has 2 atom stereocenters. The third kappa shape index (κ3) is 4.92. The molecule has 3 heterocycles. The van der Waals surface area contributed by atoms with E-state index in [0.29, 0.717) is 5.92 Å². The lowest BCUT2D eigenvalue weighted by molar-refractivity contribution is -0.132. The summed E-state index contributed by atoms with van der Waals surface area (Å²) in [6.45, 7) is 6.92. The van der Waals surface area contributed by atoms with Crippen molar-refractivity contribution in [3.63, 3.8) is 0 Å². The lowest BCUT2D eigenvalue weighted by Gasteiger charge is -2.25. The van der Waals surface area contributed by atoms with E-state index >= 15 is 0 Å². The Morgan fingerprint density at radius 2 is 1.93 bits per heavy atom. The number of hydrogen-bond donors (Lipinski definition) is 2. The van der Waals surface area contributed by atoms with Gasteiger partial charge in [0.25, 0.3) is 5.91 Å². The maximum Gasteiger partial charge on any atom is 0.260 e. The molecule has 3 saturated heterocycles. The van der Waals surface area contributed by atoms with E-state index in [1.165, 1.54) is 5.56 Å². The lowest BCUT2D eigenvalue weighted by Crippen LogP contribution is -2.35. The highest BCUT2D eigenvalue weighted by molar-refractivity contribution is 5.85. The van der Waals surface area contributed by atoms with Gasteiger partial charge in [0.2, 0.25) is 0 Å². The third-order valence-electron chi connectivity index (χ3n) is 6.22. The molecule has 28 heavy (non-hydrogen) atoms. The van der Waals surface area contributed by atoms with Crippen LogP contribution in [-0.2, 0) is 11.3 Å². The summed E-state index contributed by atoms with van der Waals surface area (Å²) in [6.07, 6.45) is 2.21. The molecule has 3 aliphatic heterocycles. The Kier molecular flexibility index (Phi) is 8.40. The highest BCUT2D eigenvalue weighted by Gasteiger charge is 2.48. The standard InChI is InChI=1S/C20H29N3O3.2ClH/c24-15-20-13-21-9-17(20)11-22(14-20)10-16-3-5-18(6-4-16)26-12-19(25)23-7-1-2-8-23;;/h3-6,17,21,24H,1-2,7-15H2;2*1H. The van der Waals surface area contributed by atoms with E-state index in [1.807, 2.05) is 17.0 Å². The lowest BCUT2D eigenvalue weighted by atomic mass is 9.82. The van der Waals surface area contributed by atoms with E-state index in [4.69, 9.17) is 4.74 Å². The van der Waals surface area contributed by atoms with Crippen LogP contribution in [0.15, 0.2) is 24.3 Å². The number of hydrogen-bond acceptors (Lipinski definition) is 5. The van der Waals surface area contributed by atoms with Crippen molar-refractivity contribution in [3.05, 3.63) is 29.8 Å². The van der Waals surface area contributed by atoms with Gasteiger partial charge < -0.3 is 20.1 Å². The number of aliphatic hydroxyl groups excluding tert-OH is 1. The van der Waals surface area contributed by atoms with Crippen LogP contribution in [0.4, 0.5) is 0 Å². The molecule has 158 valence electrons. The third-order valence-corrected chi connectivity index (χ3v) is 6.22. The molecule has 4 rings (SSSR count). The summed E-state index contributed by atoms with van der Waals surface area (Å²) in [6, 6.07) is 8.06. The van der Waals surface area contributed by atoms with Crippen molar-refractivity contribution in [1.82, 2.24) is 15.1 Å². The van der Waals surface area contributed by atoms with Gasteiger partial charge in [0.05, 0.1) is 6.61 Å². The Morgan fingerprint density at radius 1 is 1.21 bits per heavy atom. The summed E-state index contributed by atoms with van der Waals surface area (Å²) < 4.78 is 5.65. The fourth-order valence-corrected chi connectivity index (χ4v) is 4.63. The Bertz CT molecular complexity index is 640. The summed E-state index contributed by atoms with van der Waals surface area (Å²) >= 11 is 0. The number of rotatable bonds is 6. The zero-order chi connectivity index (χ0) is 18.0. The van der Waals surface area contributed by atoms with E-state index in [0.717, 1.165) is 64.4 Å². The van der Waals surface area contributed by atoms with Crippen LogP contribution in [0.5, 0.6) is 5.75 Å². The van der Waals surface area contributed by atoms with Gasteiger partial charge in [0.1, 0.15) is 5.75 Å². The highest BCUT2D eigenvalue weighted by atomic mass is 35.5. The van der Waals surface area contributed by atoms with Crippen LogP contribution in [0.3, 0.4) is 0 Å². The number of carbonyl (C=O) groups excluding carboxylic acids is 1. The first-order valence-electron chi connectivity index (χ1n) is 9.72. The minimum atomic E-state index is 0. The van der Waals surface area contributed by atoms with Gasteiger partial charge >= 0.3 is 0 Å². The van der Waals surface area contributed by atoms with Crippen LogP contribution in [0.1, 0.15) is 18.4 Å². The first-order chi connectivity index (χ1) is 12.7. The van der Waals surface area contributed by atoms with Gasteiger partial charge in [0.15, 0.2) is 6.61 Å². The number of ether oxygens (including phenoxy) is 1. The SMILES string of the molecule is Cl.Cl.O=C(COc1ccc(CN2CC3CNCC3(CO)C2)cc1)N1CCCC1. The van der Waals surface area contributed by atoms with Crippen molar-refractivity contribution in [1.29, 1.82) is 0 Å². The van der Waals surface area contributed by atoms with Crippen LogP contribution in [0.25, 0.3) is 0 Å². The number of carbonyl (C=O) groups is 1. The van der Waals surface area contributed by atoms with Crippen LogP contribution in [-0.4, -0.2) is 73.3 Å². The smallest absolute Gasteiger partial charge is 0.260 e. The number of aliphatic hydroxyl groups is 1. The molecule has 0 radical (unpaired) electrons. The van der Waals surface area contributed by atoms with Crippen molar-refractivity contribution >= 4 is 30.7 Å². The predicted molar refractivity (Wildman–Crippen MR) is 113 cm³/mol. The Hall–Kier alpha value is -1.05. The molecule has 3 aliphatic rings. The summed E-state index contributed by atoms with van der Waals surface area (Å²) in [7, 11) is 0. The number of nitrogens with zero attached hydrogens (tertiary/aromatic N) is 2. The zero-order valence-electron chi connectivity index (χ0n) is 16.1. The first kappa shape index (κ1) is 23.2. The second-order valence-corrected chi connectivity index (χ2v) is 8.04. The van der Waals surface area contributed by atoms with Crippen LogP contribution in [0, 0.1) is 11.3 Å². The minimum absolute atomic E-state index is 0. The zero-order valence-corrected chi connectivity index (χ0v) is 17.8. The summed E-state index contributed by atoms with van der Waals surface area (Å²) in [5, 5.41) is 13.2. The predicted octanol–water partition coefficient (Wildman–Crippen LogP) is 1.55. The molecule has 2 N–H and O–H groups in total. The number of halogens is 2. The normalized spacial score (nSPS) is 26.5. The molecule has 2 unspecified atom stereocenters. The average Bonchev–Trinajstić information content (AvgIpc) is 3.37. The molecule has 8 heteroatoms. The van der Waals surface area contributed by atoms with Crippen molar-refractivity contribution < 1.29 is 14.6 Å². The molecular formula is C20H31Cl2N3O3. The summed E-state index contributed by atoms with van der Waals surface area (Å²) in [5.41, 5.74) is 1.28. The maximum atomic E-state index is 12.0.